The van der Waals surface area contributed by atoms with Gasteiger partial charge in [0.05, 0.1) is 16.9 Å². The lowest BCUT2D eigenvalue weighted by molar-refractivity contribution is -0.137. The van der Waals surface area contributed by atoms with E-state index in [-0.39, 0.29) is 18.3 Å². The average molecular weight is 391 g/mol. The van der Waals surface area contributed by atoms with Crippen molar-refractivity contribution >= 4 is 18.3 Å². The third-order valence-electron chi connectivity index (χ3n) is 5.70. The second-order valence-electron chi connectivity index (χ2n) is 7.73. The highest BCUT2D eigenvalue weighted by Gasteiger charge is 2.37. The molecular formula is C21H31ClN4O. The number of hydrogen-bond donors (Lipinski definition) is 1. The summed E-state index contributed by atoms with van der Waals surface area (Å²) in [5, 5.41) is 4.73. The predicted octanol–water partition coefficient (Wildman–Crippen LogP) is 3.84. The molecule has 0 aliphatic heterocycles. The van der Waals surface area contributed by atoms with Crippen LogP contribution in [-0.2, 0) is 11.3 Å². The predicted molar refractivity (Wildman–Crippen MR) is 112 cm³/mol. The molecule has 1 aromatic carbocycles. The molecule has 1 aliphatic carbocycles. The van der Waals surface area contributed by atoms with Crippen molar-refractivity contribution in [3.63, 3.8) is 0 Å². The monoisotopic (exact) mass is 390 g/mol. The summed E-state index contributed by atoms with van der Waals surface area (Å²) in [4.78, 5) is 14.7. The molecule has 0 saturated heterocycles. The summed E-state index contributed by atoms with van der Waals surface area (Å²) < 4.78 is 1.98. The Morgan fingerprint density at radius 3 is 2.44 bits per heavy atom. The van der Waals surface area contributed by atoms with Crippen molar-refractivity contribution in [3.05, 3.63) is 46.8 Å². The molecule has 2 N–H and O–H groups in total. The molecule has 27 heavy (non-hydrogen) atoms. The lowest BCUT2D eigenvalue weighted by Crippen LogP contribution is -2.55. The third kappa shape index (κ3) is 4.19. The minimum atomic E-state index is -0.694. The molecule has 1 amide bonds. The molecule has 0 spiro atoms. The maximum absolute atomic E-state index is 13.0. The van der Waals surface area contributed by atoms with Crippen molar-refractivity contribution in [2.45, 2.75) is 65.0 Å². The van der Waals surface area contributed by atoms with Gasteiger partial charge < -0.3 is 10.6 Å². The minimum absolute atomic E-state index is 0. The second-order valence-corrected chi connectivity index (χ2v) is 7.73. The third-order valence-corrected chi connectivity index (χ3v) is 5.70. The van der Waals surface area contributed by atoms with E-state index in [1.54, 1.807) is 4.90 Å². The largest absolute Gasteiger partial charge is 0.340 e. The molecule has 0 bridgehead atoms. The SMILES string of the molecule is Cc1ccccc1-n1nc(C)c(CN(C)C(=O)C2(N)CCCCC2)c1C.Cl. The highest BCUT2D eigenvalue weighted by atomic mass is 35.5. The summed E-state index contributed by atoms with van der Waals surface area (Å²) in [6, 6.07) is 8.21. The molecule has 6 heteroatoms. The van der Waals surface area contributed by atoms with Gasteiger partial charge in [0, 0.05) is 24.8 Å². The standard InChI is InChI=1S/C21H30N4O.ClH/c1-15-10-6-7-11-19(15)25-17(3)18(16(2)23-25)14-24(4)20(26)21(22)12-8-5-9-13-21;/h6-7,10-11H,5,8-9,12-14,22H2,1-4H3;1H. The van der Waals surface area contributed by atoms with E-state index in [0.29, 0.717) is 6.54 Å². The summed E-state index contributed by atoms with van der Waals surface area (Å²) in [5.41, 5.74) is 11.1. The van der Waals surface area contributed by atoms with E-state index in [9.17, 15) is 4.79 Å². The molecule has 2 aromatic rings. The molecule has 3 rings (SSSR count). The molecule has 0 atom stereocenters. The van der Waals surface area contributed by atoms with E-state index in [0.717, 1.165) is 48.3 Å². The Morgan fingerprint density at radius 2 is 1.81 bits per heavy atom. The number of amides is 1. The van der Waals surface area contributed by atoms with Crippen LogP contribution in [0.5, 0.6) is 0 Å². The van der Waals surface area contributed by atoms with Gasteiger partial charge in [-0.3, -0.25) is 4.79 Å². The van der Waals surface area contributed by atoms with Crippen molar-refractivity contribution in [1.29, 1.82) is 0 Å². The van der Waals surface area contributed by atoms with E-state index in [1.165, 1.54) is 12.0 Å². The number of likely N-dealkylation sites (N-methyl/N-ethyl adjacent to an activating group) is 1. The zero-order chi connectivity index (χ0) is 18.9. The number of halogens is 1. The smallest absolute Gasteiger partial charge is 0.242 e. The summed E-state index contributed by atoms with van der Waals surface area (Å²) in [7, 11) is 1.86. The van der Waals surface area contributed by atoms with E-state index < -0.39 is 5.54 Å². The van der Waals surface area contributed by atoms with Crippen molar-refractivity contribution in [2.24, 2.45) is 5.73 Å². The quantitative estimate of drug-likeness (QED) is 0.862. The Labute approximate surface area is 168 Å². The average Bonchev–Trinajstić information content (AvgIpc) is 2.90. The number of para-hydroxylation sites is 1. The summed E-state index contributed by atoms with van der Waals surface area (Å²) >= 11 is 0. The number of nitrogens with zero attached hydrogens (tertiary/aromatic N) is 3. The number of nitrogens with two attached hydrogens (primary N) is 1. The van der Waals surface area contributed by atoms with E-state index in [1.807, 2.05) is 30.8 Å². The van der Waals surface area contributed by atoms with Crippen molar-refractivity contribution in [2.75, 3.05) is 7.05 Å². The van der Waals surface area contributed by atoms with Gasteiger partial charge in [-0.2, -0.15) is 5.10 Å². The lowest BCUT2D eigenvalue weighted by atomic mass is 9.81. The first-order valence-corrected chi connectivity index (χ1v) is 9.49. The second kappa shape index (κ2) is 8.44. The Hall–Kier alpha value is -1.85. The number of aromatic nitrogens is 2. The van der Waals surface area contributed by atoms with Crippen molar-refractivity contribution < 1.29 is 4.79 Å². The maximum Gasteiger partial charge on any atom is 0.242 e. The van der Waals surface area contributed by atoms with Gasteiger partial charge in [0.2, 0.25) is 5.91 Å². The van der Waals surface area contributed by atoms with Gasteiger partial charge in [0.25, 0.3) is 0 Å². The number of rotatable bonds is 4. The van der Waals surface area contributed by atoms with Crippen LogP contribution in [0.2, 0.25) is 0 Å². The summed E-state index contributed by atoms with van der Waals surface area (Å²) in [6.07, 6.45) is 4.84. The summed E-state index contributed by atoms with van der Waals surface area (Å²) in [5.74, 6) is 0.0552. The van der Waals surface area contributed by atoms with Crippen LogP contribution in [0, 0.1) is 20.8 Å². The molecule has 148 valence electrons. The molecule has 0 radical (unpaired) electrons. The number of aryl methyl sites for hydroxylation is 2. The van der Waals surface area contributed by atoms with Crippen molar-refractivity contribution in [1.82, 2.24) is 14.7 Å². The topological polar surface area (TPSA) is 64.2 Å². The van der Waals surface area contributed by atoms with Gasteiger partial charge in [-0.25, -0.2) is 4.68 Å². The van der Waals surface area contributed by atoms with Gasteiger partial charge in [-0.15, -0.1) is 12.4 Å². The zero-order valence-corrected chi connectivity index (χ0v) is 17.6. The maximum atomic E-state index is 13.0. The Morgan fingerprint density at radius 1 is 1.19 bits per heavy atom. The first-order valence-electron chi connectivity index (χ1n) is 9.49. The number of benzene rings is 1. The highest BCUT2D eigenvalue weighted by molar-refractivity contribution is 5.86. The van der Waals surface area contributed by atoms with Gasteiger partial charge in [0.1, 0.15) is 0 Å². The Balaban J connectivity index is 0.00000261. The van der Waals surface area contributed by atoms with E-state index >= 15 is 0 Å². The fourth-order valence-electron chi connectivity index (χ4n) is 4.03. The van der Waals surface area contributed by atoms with E-state index in [2.05, 4.69) is 26.0 Å². The van der Waals surface area contributed by atoms with Crippen LogP contribution in [0.1, 0.15) is 54.6 Å². The van der Waals surface area contributed by atoms with Crippen LogP contribution >= 0.6 is 12.4 Å². The molecular weight excluding hydrogens is 360 g/mol. The van der Waals surface area contributed by atoms with Crippen molar-refractivity contribution in [3.8, 4) is 5.69 Å². The molecule has 1 aromatic heterocycles. The van der Waals surface area contributed by atoms with Crippen LogP contribution in [0.3, 0.4) is 0 Å². The van der Waals surface area contributed by atoms with Gasteiger partial charge in [0.15, 0.2) is 0 Å². The van der Waals surface area contributed by atoms with Gasteiger partial charge in [-0.05, 0) is 45.2 Å². The molecule has 5 nitrogen and oxygen atoms in total. The first kappa shape index (κ1) is 21.5. The van der Waals surface area contributed by atoms with Crippen LogP contribution < -0.4 is 5.73 Å². The molecule has 0 unspecified atom stereocenters. The number of carbonyl (C=O) groups excluding carboxylic acids is 1. The van der Waals surface area contributed by atoms with Crippen LogP contribution in [0.25, 0.3) is 5.69 Å². The van der Waals surface area contributed by atoms with Crippen LogP contribution in [-0.4, -0.2) is 33.2 Å². The minimum Gasteiger partial charge on any atom is -0.340 e. The lowest BCUT2D eigenvalue weighted by Gasteiger charge is -2.35. The Bertz CT molecular complexity index is 809. The van der Waals surface area contributed by atoms with E-state index in [4.69, 9.17) is 10.8 Å². The summed E-state index contributed by atoms with van der Waals surface area (Å²) in [6.45, 7) is 6.71. The number of hydrogen-bond acceptors (Lipinski definition) is 3. The van der Waals surface area contributed by atoms with Crippen LogP contribution in [0.4, 0.5) is 0 Å². The molecule has 1 heterocycles. The zero-order valence-electron chi connectivity index (χ0n) is 16.8. The highest BCUT2D eigenvalue weighted by Crippen LogP contribution is 2.28. The normalized spacial score (nSPS) is 15.9. The molecule has 1 fully saturated rings. The first-order chi connectivity index (χ1) is 12.3. The number of carbonyl (C=O) groups is 1. The Kier molecular flexibility index (Phi) is 6.71. The van der Waals surface area contributed by atoms with Gasteiger partial charge >= 0.3 is 0 Å². The molecule has 1 saturated carbocycles. The molecule has 1 aliphatic rings. The fraction of sp³-hybridized carbons (Fsp3) is 0.524. The van der Waals surface area contributed by atoms with Crippen LogP contribution in [0.15, 0.2) is 24.3 Å². The van der Waals surface area contributed by atoms with Gasteiger partial charge in [-0.1, -0.05) is 37.5 Å². The fourth-order valence-corrected chi connectivity index (χ4v) is 4.03.